The summed E-state index contributed by atoms with van der Waals surface area (Å²) >= 11 is 0. The standard InChI is InChI=1S/C16H16N2O2S/c1-21(19,20)18-14-10-6-5-9-13(14)11-15(18)16(17)12-7-3-2-4-8-12/h2-11,16H,17H2,1H3/t16-/m1/s1. The molecular weight excluding hydrogens is 284 g/mol. The van der Waals surface area contributed by atoms with E-state index < -0.39 is 16.1 Å². The van der Waals surface area contributed by atoms with Gasteiger partial charge in [-0.2, -0.15) is 0 Å². The first kappa shape index (κ1) is 13.9. The maximum absolute atomic E-state index is 12.2. The van der Waals surface area contributed by atoms with E-state index in [0.29, 0.717) is 11.2 Å². The molecule has 0 spiro atoms. The van der Waals surface area contributed by atoms with E-state index in [1.54, 1.807) is 6.07 Å². The molecule has 3 rings (SSSR count). The lowest BCUT2D eigenvalue weighted by molar-refractivity contribution is 0.591. The van der Waals surface area contributed by atoms with Crippen LogP contribution in [0.4, 0.5) is 0 Å². The second-order valence-electron chi connectivity index (χ2n) is 5.04. The van der Waals surface area contributed by atoms with Gasteiger partial charge < -0.3 is 5.73 Å². The summed E-state index contributed by atoms with van der Waals surface area (Å²) in [6.07, 6.45) is 1.20. The summed E-state index contributed by atoms with van der Waals surface area (Å²) < 4.78 is 25.7. The molecule has 3 aromatic rings. The van der Waals surface area contributed by atoms with Crippen LogP contribution in [0.1, 0.15) is 17.3 Å². The molecule has 0 bridgehead atoms. The van der Waals surface area contributed by atoms with E-state index in [9.17, 15) is 8.42 Å². The number of benzene rings is 2. The number of aromatic nitrogens is 1. The van der Waals surface area contributed by atoms with Gasteiger partial charge in [-0.3, -0.25) is 0 Å². The molecule has 0 saturated heterocycles. The van der Waals surface area contributed by atoms with Crippen molar-refractivity contribution in [3.63, 3.8) is 0 Å². The van der Waals surface area contributed by atoms with Crippen molar-refractivity contribution < 1.29 is 8.42 Å². The van der Waals surface area contributed by atoms with E-state index in [-0.39, 0.29) is 0 Å². The van der Waals surface area contributed by atoms with E-state index in [1.807, 2.05) is 54.6 Å². The Hall–Kier alpha value is -2.11. The average molecular weight is 300 g/mol. The average Bonchev–Trinajstić information content (AvgIpc) is 2.86. The summed E-state index contributed by atoms with van der Waals surface area (Å²) in [4.78, 5) is 0. The van der Waals surface area contributed by atoms with Crippen LogP contribution in [0.25, 0.3) is 10.9 Å². The molecule has 1 atom stereocenters. The van der Waals surface area contributed by atoms with Gasteiger partial charge >= 0.3 is 0 Å². The molecule has 1 aromatic heterocycles. The van der Waals surface area contributed by atoms with Crippen molar-refractivity contribution >= 4 is 20.9 Å². The van der Waals surface area contributed by atoms with Gasteiger partial charge in [0.15, 0.2) is 0 Å². The van der Waals surface area contributed by atoms with Crippen molar-refractivity contribution in [1.29, 1.82) is 0 Å². The number of rotatable bonds is 3. The first-order chi connectivity index (χ1) is 9.98. The zero-order valence-electron chi connectivity index (χ0n) is 11.6. The largest absolute Gasteiger partial charge is 0.319 e. The van der Waals surface area contributed by atoms with Gasteiger partial charge in [0.2, 0.25) is 10.0 Å². The summed E-state index contributed by atoms with van der Waals surface area (Å²) in [6, 6.07) is 18.2. The third-order valence-electron chi connectivity index (χ3n) is 3.50. The molecule has 2 N–H and O–H groups in total. The van der Waals surface area contributed by atoms with Crippen LogP contribution in [0.3, 0.4) is 0 Å². The minimum atomic E-state index is -3.43. The molecule has 0 aliphatic heterocycles. The summed E-state index contributed by atoms with van der Waals surface area (Å²) in [5.41, 5.74) is 8.40. The van der Waals surface area contributed by atoms with Crippen molar-refractivity contribution in [3.05, 3.63) is 71.9 Å². The molecule has 0 aliphatic rings. The SMILES string of the molecule is CS(=O)(=O)n1c([C@H](N)c2ccccc2)cc2ccccc21. The Morgan fingerprint density at radius 2 is 1.62 bits per heavy atom. The second kappa shape index (κ2) is 5.02. The van der Waals surface area contributed by atoms with Crippen molar-refractivity contribution in [3.8, 4) is 0 Å². The summed E-state index contributed by atoms with van der Waals surface area (Å²) in [5, 5.41) is 0.865. The van der Waals surface area contributed by atoms with Crippen LogP contribution in [-0.4, -0.2) is 18.6 Å². The van der Waals surface area contributed by atoms with Crippen molar-refractivity contribution in [2.75, 3.05) is 6.26 Å². The minimum Gasteiger partial charge on any atom is -0.319 e. The summed E-state index contributed by atoms with van der Waals surface area (Å²) in [7, 11) is -3.43. The Morgan fingerprint density at radius 3 is 2.29 bits per heavy atom. The molecule has 5 heteroatoms. The number of nitrogens with two attached hydrogens (primary N) is 1. The topological polar surface area (TPSA) is 65.1 Å². The zero-order chi connectivity index (χ0) is 15.0. The molecule has 108 valence electrons. The van der Waals surface area contributed by atoms with Gasteiger partial charge in [0.25, 0.3) is 0 Å². The molecule has 0 radical (unpaired) electrons. The first-order valence-electron chi connectivity index (χ1n) is 6.60. The number of fused-ring (bicyclic) bond motifs is 1. The number of hydrogen-bond acceptors (Lipinski definition) is 3. The quantitative estimate of drug-likeness (QED) is 0.808. The fraction of sp³-hybridized carbons (Fsp3) is 0.125. The van der Waals surface area contributed by atoms with Crippen LogP contribution in [0.5, 0.6) is 0 Å². The van der Waals surface area contributed by atoms with Gasteiger partial charge in [-0.05, 0) is 17.7 Å². The van der Waals surface area contributed by atoms with E-state index >= 15 is 0 Å². The number of hydrogen-bond donors (Lipinski definition) is 1. The highest BCUT2D eigenvalue weighted by molar-refractivity contribution is 7.89. The molecule has 0 saturated carbocycles. The first-order valence-corrected chi connectivity index (χ1v) is 8.45. The minimum absolute atomic E-state index is 0.492. The Kier molecular flexibility index (Phi) is 3.31. The van der Waals surface area contributed by atoms with Gasteiger partial charge in [0, 0.05) is 5.39 Å². The highest BCUT2D eigenvalue weighted by atomic mass is 32.2. The molecule has 21 heavy (non-hydrogen) atoms. The Labute approximate surface area is 123 Å². The highest BCUT2D eigenvalue weighted by Gasteiger charge is 2.21. The maximum Gasteiger partial charge on any atom is 0.236 e. The molecule has 1 heterocycles. The van der Waals surface area contributed by atoms with E-state index in [1.165, 1.54) is 10.2 Å². The predicted molar refractivity (Wildman–Crippen MR) is 84.7 cm³/mol. The van der Waals surface area contributed by atoms with Gasteiger partial charge in [0.05, 0.1) is 23.5 Å². The molecular formula is C16H16N2O2S. The van der Waals surface area contributed by atoms with E-state index in [0.717, 1.165) is 10.9 Å². The van der Waals surface area contributed by atoms with Crippen molar-refractivity contribution in [2.24, 2.45) is 5.73 Å². The monoisotopic (exact) mass is 300 g/mol. The van der Waals surface area contributed by atoms with Gasteiger partial charge in [0.1, 0.15) is 0 Å². The third-order valence-corrected chi connectivity index (χ3v) is 4.57. The maximum atomic E-state index is 12.2. The van der Waals surface area contributed by atoms with Crippen molar-refractivity contribution in [1.82, 2.24) is 3.97 Å². The number of para-hydroxylation sites is 1. The predicted octanol–water partition coefficient (Wildman–Crippen LogP) is 2.50. The van der Waals surface area contributed by atoms with Crippen LogP contribution in [0, 0.1) is 0 Å². The summed E-state index contributed by atoms with van der Waals surface area (Å²) in [6.45, 7) is 0. The molecule has 0 amide bonds. The molecule has 0 unspecified atom stereocenters. The van der Waals surface area contributed by atoms with Crippen LogP contribution < -0.4 is 5.73 Å². The van der Waals surface area contributed by atoms with Crippen LogP contribution in [0.2, 0.25) is 0 Å². The normalized spacial score (nSPS) is 13.4. The molecule has 2 aromatic carbocycles. The smallest absolute Gasteiger partial charge is 0.236 e. The lowest BCUT2D eigenvalue weighted by atomic mass is 10.1. The molecule has 0 fully saturated rings. The zero-order valence-corrected chi connectivity index (χ0v) is 12.4. The van der Waals surface area contributed by atoms with E-state index in [4.69, 9.17) is 5.73 Å². The Morgan fingerprint density at radius 1 is 1.00 bits per heavy atom. The van der Waals surface area contributed by atoms with E-state index in [2.05, 4.69) is 0 Å². The van der Waals surface area contributed by atoms with Crippen molar-refractivity contribution in [2.45, 2.75) is 6.04 Å². The third kappa shape index (κ3) is 2.46. The molecule has 4 nitrogen and oxygen atoms in total. The lowest BCUT2D eigenvalue weighted by Crippen LogP contribution is -2.20. The van der Waals surface area contributed by atoms with Crippen LogP contribution >= 0.6 is 0 Å². The van der Waals surface area contributed by atoms with Crippen LogP contribution in [0.15, 0.2) is 60.7 Å². The number of nitrogens with zero attached hydrogens (tertiary/aromatic N) is 1. The van der Waals surface area contributed by atoms with Crippen LogP contribution in [-0.2, 0) is 10.0 Å². The van der Waals surface area contributed by atoms with Gasteiger partial charge in [-0.15, -0.1) is 0 Å². The fourth-order valence-electron chi connectivity index (χ4n) is 2.57. The Balaban J connectivity index is 2.28. The van der Waals surface area contributed by atoms with Gasteiger partial charge in [-0.1, -0.05) is 48.5 Å². The summed E-state index contributed by atoms with van der Waals surface area (Å²) in [5.74, 6) is 0. The van der Waals surface area contributed by atoms with Gasteiger partial charge in [-0.25, -0.2) is 12.4 Å². The second-order valence-corrected chi connectivity index (χ2v) is 6.87. The highest BCUT2D eigenvalue weighted by Crippen LogP contribution is 2.28. The lowest BCUT2D eigenvalue weighted by Gasteiger charge is -2.15. The Bertz CT molecular complexity index is 883. The molecule has 0 aliphatic carbocycles. The fourth-order valence-corrected chi connectivity index (χ4v) is 3.64.